The van der Waals surface area contributed by atoms with Crippen molar-refractivity contribution in [2.45, 2.75) is 34.1 Å². The van der Waals surface area contributed by atoms with Gasteiger partial charge in [0, 0.05) is 33.5 Å². The van der Waals surface area contributed by atoms with Gasteiger partial charge in [0.1, 0.15) is 0 Å². The van der Waals surface area contributed by atoms with Gasteiger partial charge in [-0.1, -0.05) is 140 Å². The minimum Gasteiger partial charge on any atom is -0.313 e. The Labute approximate surface area is 302 Å². The van der Waals surface area contributed by atoms with Gasteiger partial charge in [-0.3, -0.25) is 0 Å². The fraction of sp³-hybridized carbons (Fsp3) is 0.102. The number of rotatable bonds is 10. The predicted molar refractivity (Wildman–Crippen MR) is 222 cm³/mol. The molecule has 250 valence electrons. The molecular formula is C49H44N2. The maximum absolute atomic E-state index is 2.41. The van der Waals surface area contributed by atoms with Crippen LogP contribution in [0.2, 0.25) is 0 Å². The molecule has 0 saturated heterocycles. The highest BCUT2D eigenvalue weighted by Crippen LogP contribution is 2.40. The molecule has 0 aliphatic heterocycles. The minimum atomic E-state index is 0.992. The van der Waals surface area contributed by atoms with E-state index in [1.54, 1.807) is 0 Å². The zero-order valence-electron chi connectivity index (χ0n) is 29.9. The summed E-state index contributed by atoms with van der Waals surface area (Å²) in [6, 6.07) is 56.3. The fourth-order valence-electron chi connectivity index (χ4n) is 6.81. The molecule has 7 aromatic rings. The fourth-order valence-corrected chi connectivity index (χ4v) is 6.81. The molecule has 0 unspecified atom stereocenters. The van der Waals surface area contributed by atoms with Crippen LogP contribution in [0, 0.1) is 0 Å². The number of hydrogen-bond donors (Lipinski definition) is 0. The van der Waals surface area contributed by atoms with Crippen LogP contribution in [-0.2, 0) is 0 Å². The van der Waals surface area contributed by atoms with Crippen LogP contribution in [-0.4, -0.2) is 4.57 Å². The second kappa shape index (κ2) is 15.2. The van der Waals surface area contributed by atoms with Crippen LogP contribution in [0.1, 0.15) is 39.7 Å². The van der Waals surface area contributed by atoms with E-state index in [-0.39, 0.29) is 0 Å². The summed E-state index contributed by atoms with van der Waals surface area (Å²) < 4.78 is 2.41. The van der Waals surface area contributed by atoms with Gasteiger partial charge >= 0.3 is 0 Å². The Hall–Kier alpha value is -6.12. The second-order valence-corrected chi connectivity index (χ2v) is 13.1. The van der Waals surface area contributed by atoms with Gasteiger partial charge in [0.05, 0.1) is 11.0 Å². The van der Waals surface area contributed by atoms with Crippen molar-refractivity contribution in [2.75, 3.05) is 4.90 Å². The van der Waals surface area contributed by atoms with Crippen molar-refractivity contribution in [3.8, 4) is 11.1 Å². The predicted octanol–water partition coefficient (Wildman–Crippen LogP) is 14.2. The van der Waals surface area contributed by atoms with Crippen LogP contribution in [0.5, 0.6) is 0 Å². The SMILES string of the molecule is CC\C(=C/C=C(C)/C(C)=C/C=C(\C)n1c2ccccc2c2ccc(N(c3ccccc3)c3ccc(-c4ccccc4)cc3)cc21)c1ccccc1. The highest BCUT2D eigenvalue weighted by atomic mass is 15.1. The molecule has 7 rings (SSSR count). The zero-order valence-corrected chi connectivity index (χ0v) is 29.9. The topological polar surface area (TPSA) is 8.17 Å². The molecule has 0 radical (unpaired) electrons. The van der Waals surface area contributed by atoms with Crippen LogP contribution < -0.4 is 4.90 Å². The van der Waals surface area contributed by atoms with E-state index >= 15 is 0 Å². The van der Waals surface area contributed by atoms with Crippen molar-refractivity contribution >= 4 is 50.1 Å². The van der Waals surface area contributed by atoms with Gasteiger partial charge in [-0.15, -0.1) is 0 Å². The summed E-state index contributed by atoms with van der Waals surface area (Å²) in [6.07, 6.45) is 10.0. The Morgan fingerprint density at radius 1 is 0.490 bits per heavy atom. The molecule has 6 aromatic carbocycles. The molecule has 1 aromatic heterocycles. The van der Waals surface area contributed by atoms with E-state index in [4.69, 9.17) is 0 Å². The Morgan fingerprint density at radius 2 is 1.02 bits per heavy atom. The maximum atomic E-state index is 2.41. The van der Waals surface area contributed by atoms with Gasteiger partial charge in [-0.25, -0.2) is 0 Å². The largest absolute Gasteiger partial charge is 0.313 e. The number of hydrogen-bond acceptors (Lipinski definition) is 1. The molecule has 0 amide bonds. The first-order valence-corrected chi connectivity index (χ1v) is 17.8. The molecule has 0 saturated carbocycles. The molecular weight excluding hydrogens is 617 g/mol. The molecule has 0 fully saturated rings. The van der Waals surface area contributed by atoms with E-state index < -0.39 is 0 Å². The van der Waals surface area contributed by atoms with Crippen molar-refractivity contribution in [1.82, 2.24) is 4.57 Å². The number of fused-ring (bicyclic) bond motifs is 3. The summed E-state index contributed by atoms with van der Waals surface area (Å²) in [4.78, 5) is 2.35. The summed E-state index contributed by atoms with van der Waals surface area (Å²) in [7, 11) is 0. The summed E-state index contributed by atoms with van der Waals surface area (Å²) in [6.45, 7) is 8.82. The van der Waals surface area contributed by atoms with Crippen molar-refractivity contribution < 1.29 is 0 Å². The maximum Gasteiger partial charge on any atom is 0.0558 e. The summed E-state index contributed by atoms with van der Waals surface area (Å²) in [5, 5.41) is 2.49. The third kappa shape index (κ3) is 7.13. The number of aromatic nitrogens is 1. The first-order chi connectivity index (χ1) is 25.0. The quantitative estimate of drug-likeness (QED) is 0.133. The van der Waals surface area contributed by atoms with Crippen molar-refractivity contribution in [1.29, 1.82) is 0 Å². The van der Waals surface area contributed by atoms with Gasteiger partial charge in [-0.05, 0) is 109 Å². The first kappa shape index (κ1) is 33.4. The van der Waals surface area contributed by atoms with Crippen LogP contribution in [0.15, 0.2) is 193 Å². The van der Waals surface area contributed by atoms with Gasteiger partial charge in [0.25, 0.3) is 0 Å². The lowest BCUT2D eigenvalue weighted by molar-refractivity contribution is 1.19. The molecule has 0 aliphatic carbocycles. The zero-order chi connectivity index (χ0) is 35.2. The van der Waals surface area contributed by atoms with Crippen LogP contribution >= 0.6 is 0 Å². The van der Waals surface area contributed by atoms with Crippen LogP contribution in [0.3, 0.4) is 0 Å². The Bertz CT molecular complexity index is 2390. The standard InChI is InChI=1S/C49H44N2/c1-5-39(40-17-9-6-10-18-40)28-26-37(3)36(2)25-27-38(4)50-48-24-16-15-23-46(48)47-34-33-45(35-49(47)50)51(43-21-13-8-14-22-43)44-31-29-42(30-32-44)41-19-11-7-12-20-41/h6-35H,5H2,1-4H3/b36-25+,37-26+,38-27+,39-28+. The lowest BCUT2D eigenvalue weighted by Crippen LogP contribution is -2.10. The third-order valence-electron chi connectivity index (χ3n) is 9.77. The minimum absolute atomic E-state index is 0.992. The number of nitrogens with zero attached hydrogens (tertiary/aromatic N) is 2. The Morgan fingerprint density at radius 3 is 1.71 bits per heavy atom. The smallest absolute Gasteiger partial charge is 0.0558 e. The molecule has 51 heavy (non-hydrogen) atoms. The molecule has 1 heterocycles. The van der Waals surface area contributed by atoms with E-state index in [0.717, 1.165) is 29.2 Å². The Kier molecular flexibility index (Phi) is 9.94. The average molecular weight is 661 g/mol. The number of benzene rings is 6. The molecule has 0 spiro atoms. The summed E-state index contributed by atoms with van der Waals surface area (Å²) >= 11 is 0. The van der Waals surface area contributed by atoms with E-state index in [1.807, 2.05) is 0 Å². The van der Waals surface area contributed by atoms with Crippen molar-refractivity contribution in [3.05, 3.63) is 199 Å². The van der Waals surface area contributed by atoms with E-state index in [1.165, 1.54) is 55.2 Å². The van der Waals surface area contributed by atoms with E-state index in [2.05, 4.69) is 219 Å². The molecule has 2 heteroatoms. The second-order valence-electron chi connectivity index (χ2n) is 13.1. The van der Waals surface area contributed by atoms with Crippen molar-refractivity contribution in [3.63, 3.8) is 0 Å². The average Bonchev–Trinajstić information content (AvgIpc) is 3.52. The first-order valence-electron chi connectivity index (χ1n) is 17.8. The van der Waals surface area contributed by atoms with Gasteiger partial charge in [0.15, 0.2) is 0 Å². The molecule has 0 N–H and O–H groups in total. The lowest BCUT2D eigenvalue weighted by atomic mass is 10.0. The highest BCUT2D eigenvalue weighted by Gasteiger charge is 2.17. The van der Waals surface area contributed by atoms with Gasteiger partial charge in [-0.2, -0.15) is 0 Å². The number of anilines is 3. The van der Waals surface area contributed by atoms with Crippen LogP contribution in [0.25, 0.3) is 44.2 Å². The van der Waals surface area contributed by atoms with Gasteiger partial charge in [0.2, 0.25) is 0 Å². The third-order valence-corrected chi connectivity index (χ3v) is 9.77. The monoisotopic (exact) mass is 660 g/mol. The molecule has 2 nitrogen and oxygen atoms in total. The Balaban J connectivity index is 1.29. The van der Waals surface area contributed by atoms with E-state index in [0.29, 0.717) is 0 Å². The molecule has 0 atom stereocenters. The highest BCUT2D eigenvalue weighted by molar-refractivity contribution is 6.11. The molecule has 0 aliphatic rings. The normalized spacial score (nSPS) is 12.9. The summed E-state index contributed by atoms with van der Waals surface area (Å²) in [5.74, 6) is 0. The molecule has 0 bridgehead atoms. The van der Waals surface area contributed by atoms with Gasteiger partial charge < -0.3 is 9.47 Å². The lowest BCUT2D eigenvalue weighted by Gasteiger charge is -2.26. The number of allylic oxidation sites excluding steroid dienone is 8. The number of para-hydroxylation sites is 2. The van der Waals surface area contributed by atoms with E-state index in [9.17, 15) is 0 Å². The van der Waals surface area contributed by atoms with Crippen molar-refractivity contribution in [2.24, 2.45) is 0 Å². The summed E-state index contributed by atoms with van der Waals surface area (Å²) in [5.41, 5.74) is 14.4. The van der Waals surface area contributed by atoms with Crippen LogP contribution in [0.4, 0.5) is 17.1 Å².